The number of phenolic OH excluding ortho intramolecular Hbond substituents is 1. The zero-order valence-electron chi connectivity index (χ0n) is 12.3. The fourth-order valence-corrected chi connectivity index (χ4v) is 1.78. The molecule has 20 heavy (non-hydrogen) atoms. The smallest absolute Gasteiger partial charge is 0.315 e. The Morgan fingerprint density at radius 2 is 2.00 bits per heavy atom. The number of amides is 2. The maximum Gasteiger partial charge on any atom is 0.315 e. The van der Waals surface area contributed by atoms with Crippen molar-refractivity contribution in [3.63, 3.8) is 0 Å². The van der Waals surface area contributed by atoms with E-state index in [1.165, 1.54) is 12.1 Å². The molecule has 0 aromatic heterocycles. The molecule has 1 aromatic carbocycles. The van der Waals surface area contributed by atoms with Crippen molar-refractivity contribution in [2.75, 3.05) is 6.54 Å². The van der Waals surface area contributed by atoms with Crippen LogP contribution in [0.15, 0.2) is 24.3 Å². The second-order valence-electron chi connectivity index (χ2n) is 5.21. The predicted molar refractivity (Wildman–Crippen MR) is 78.6 cm³/mol. The van der Waals surface area contributed by atoms with Gasteiger partial charge in [0, 0.05) is 12.1 Å². The van der Waals surface area contributed by atoms with Crippen molar-refractivity contribution in [3.8, 4) is 5.75 Å². The van der Waals surface area contributed by atoms with Crippen LogP contribution in [0, 0.1) is 0 Å². The third kappa shape index (κ3) is 4.74. The molecule has 2 amide bonds. The molecule has 0 saturated heterocycles. The highest BCUT2D eigenvalue weighted by Crippen LogP contribution is 2.17. The van der Waals surface area contributed by atoms with Crippen LogP contribution in [0.3, 0.4) is 0 Å². The molecule has 1 aromatic rings. The van der Waals surface area contributed by atoms with Gasteiger partial charge in [0.15, 0.2) is 0 Å². The summed E-state index contributed by atoms with van der Waals surface area (Å²) in [4.78, 5) is 11.8. The van der Waals surface area contributed by atoms with Gasteiger partial charge < -0.3 is 20.8 Å². The second-order valence-corrected chi connectivity index (χ2v) is 5.21. The third-order valence-electron chi connectivity index (χ3n) is 3.69. The topological polar surface area (TPSA) is 81.6 Å². The Kier molecular flexibility index (Phi) is 5.82. The van der Waals surface area contributed by atoms with Gasteiger partial charge in [-0.05, 0) is 37.5 Å². The summed E-state index contributed by atoms with van der Waals surface area (Å²) in [6, 6.07) is 6.07. The van der Waals surface area contributed by atoms with E-state index in [1.807, 2.05) is 20.8 Å². The van der Waals surface area contributed by atoms with E-state index in [2.05, 4.69) is 10.6 Å². The molecule has 0 aliphatic heterocycles. The summed E-state index contributed by atoms with van der Waals surface area (Å²) >= 11 is 0. The van der Waals surface area contributed by atoms with Gasteiger partial charge >= 0.3 is 6.03 Å². The first-order valence-electron chi connectivity index (χ1n) is 6.93. The van der Waals surface area contributed by atoms with Crippen molar-refractivity contribution in [1.29, 1.82) is 0 Å². The SMILES string of the molecule is CCC(C)(CC)NC(=O)NCC(O)c1cccc(O)c1. The fraction of sp³-hybridized carbons (Fsp3) is 0.533. The number of aliphatic hydroxyl groups excluding tert-OH is 1. The quantitative estimate of drug-likeness (QED) is 0.645. The van der Waals surface area contributed by atoms with Crippen molar-refractivity contribution < 1.29 is 15.0 Å². The molecule has 1 rings (SSSR count). The van der Waals surface area contributed by atoms with E-state index in [4.69, 9.17) is 0 Å². The van der Waals surface area contributed by atoms with Gasteiger partial charge in [-0.25, -0.2) is 4.79 Å². The molecule has 112 valence electrons. The monoisotopic (exact) mass is 280 g/mol. The predicted octanol–water partition coefficient (Wildman–Crippen LogP) is 2.30. The normalized spacial score (nSPS) is 12.8. The minimum atomic E-state index is -0.845. The van der Waals surface area contributed by atoms with Crippen molar-refractivity contribution in [2.24, 2.45) is 0 Å². The summed E-state index contributed by atoms with van der Waals surface area (Å²) in [5.74, 6) is 0.0931. The molecule has 0 heterocycles. The first kappa shape index (κ1) is 16.3. The largest absolute Gasteiger partial charge is 0.508 e. The molecule has 4 N–H and O–H groups in total. The van der Waals surface area contributed by atoms with Gasteiger partial charge in [-0.3, -0.25) is 0 Å². The van der Waals surface area contributed by atoms with Crippen molar-refractivity contribution in [3.05, 3.63) is 29.8 Å². The number of carbonyl (C=O) groups is 1. The lowest BCUT2D eigenvalue weighted by Crippen LogP contribution is -2.50. The van der Waals surface area contributed by atoms with Gasteiger partial charge in [-0.15, -0.1) is 0 Å². The van der Waals surface area contributed by atoms with Gasteiger partial charge in [0.1, 0.15) is 5.75 Å². The van der Waals surface area contributed by atoms with Crippen molar-refractivity contribution >= 4 is 6.03 Å². The summed E-state index contributed by atoms with van der Waals surface area (Å²) in [6.45, 7) is 6.12. The second kappa shape index (κ2) is 7.14. The Balaban J connectivity index is 2.49. The van der Waals surface area contributed by atoms with Crippen LogP contribution in [-0.4, -0.2) is 28.3 Å². The van der Waals surface area contributed by atoms with Crippen LogP contribution in [0.1, 0.15) is 45.3 Å². The van der Waals surface area contributed by atoms with Crippen LogP contribution in [0.4, 0.5) is 4.79 Å². The highest BCUT2D eigenvalue weighted by molar-refractivity contribution is 5.74. The number of benzene rings is 1. The number of hydrogen-bond donors (Lipinski definition) is 4. The molecule has 0 bridgehead atoms. The molecule has 1 atom stereocenters. The highest BCUT2D eigenvalue weighted by atomic mass is 16.3. The highest BCUT2D eigenvalue weighted by Gasteiger charge is 2.22. The van der Waals surface area contributed by atoms with Gasteiger partial charge in [-0.1, -0.05) is 26.0 Å². The van der Waals surface area contributed by atoms with Crippen LogP contribution >= 0.6 is 0 Å². The molecule has 0 fully saturated rings. The van der Waals surface area contributed by atoms with Gasteiger partial charge in [0.25, 0.3) is 0 Å². The molecule has 0 aliphatic rings. The van der Waals surface area contributed by atoms with Crippen LogP contribution in [0.25, 0.3) is 0 Å². The zero-order valence-corrected chi connectivity index (χ0v) is 12.3. The number of aromatic hydroxyl groups is 1. The number of hydrogen-bond acceptors (Lipinski definition) is 3. The van der Waals surface area contributed by atoms with E-state index >= 15 is 0 Å². The summed E-state index contributed by atoms with van der Waals surface area (Å²) < 4.78 is 0. The summed E-state index contributed by atoms with van der Waals surface area (Å²) in [5.41, 5.74) is 0.332. The number of aliphatic hydroxyl groups is 1. The van der Waals surface area contributed by atoms with Crippen molar-refractivity contribution in [2.45, 2.75) is 45.3 Å². The lowest BCUT2D eigenvalue weighted by Gasteiger charge is -2.28. The summed E-state index contributed by atoms with van der Waals surface area (Å²) in [6.07, 6.45) is 0.834. The van der Waals surface area contributed by atoms with Gasteiger partial charge in [0.2, 0.25) is 0 Å². The molecular formula is C15H24N2O3. The number of rotatable bonds is 6. The number of phenols is 1. The van der Waals surface area contributed by atoms with E-state index in [9.17, 15) is 15.0 Å². The van der Waals surface area contributed by atoms with E-state index in [0.717, 1.165) is 12.8 Å². The lowest BCUT2D eigenvalue weighted by atomic mass is 9.96. The minimum absolute atomic E-state index is 0.0931. The van der Waals surface area contributed by atoms with E-state index in [-0.39, 0.29) is 23.9 Å². The molecule has 5 nitrogen and oxygen atoms in total. The molecule has 0 aliphatic carbocycles. The Hall–Kier alpha value is -1.75. The van der Waals surface area contributed by atoms with Crippen LogP contribution in [0.2, 0.25) is 0 Å². The standard InChI is InChI=1S/C15H24N2O3/c1-4-15(3,5-2)17-14(20)16-10-13(19)11-7-6-8-12(18)9-11/h6-9,13,18-19H,4-5,10H2,1-3H3,(H2,16,17,20). The number of carbonyl (C=O) groups excluding carboxylic acids is 1. The Bertz CT molecular complexity index is 444. The summed E-state index contributed by atoms with van der Waals surface area (Å²) in [5, 5.41) is 24.8. The maximum atomic E-state index is 11.8. The minimum Gasteiger partial charge on any atom is -0.508 e. The Morgan fingerprint density at radius 3 is 2.55 bits per heavy atom. The fourth-order valence-electron chi connectivity index (χ4n) is 1.78. The van der Waals surface area contributed by atoms with Gasteiger partial charge in [-0.2, -0.15) is 0 Å². The molecular weight excluding hydrogens is 256 g/mol. The summed E-state index contributed by atoms with van der Waals surface area (Å²) in [7, 11) is 0. The van der Waals surface area contributed by atoms with Gasteiger partial charge in [0.05, 0.1) is 6.10 Å². The maximum absolute atomic E-state index is 11.8. The average Bonchev–Trinajstić information content (AvgIpc) is 2.44. The lowest BCUT2D eigenvalue weighted by molar-refractivity contribution is 0.170. The molecule has 1 unspecified atom stereocenters. The van der Waals surface area contributed by atoms with Crippen molar-refractivity contribution in [1.82, 2.24) is 10.6 Å². The molecule has 5 heteroatoms. The number of nitrogens with one attached hydrogen (secondary N) is 2. The van der Waals surface area contributed by atoms with E-state index < -0.39 is 6.10 Å². The Labute approximate surface area is 120 Å². The third-order valence-corrected chi connectivity index (χ3v) is 3.69. The molecule has 0 radical (unpaired) electrons. The Morgan fingerprint density at radius 1 is 1.35 bits per heavy atom. The first-order valence-corrected chi connectivity index (χ1v) is 6.93. The molecule has 0 spiro atoms. The zero-order chi connectivity index (χ0) is 15.2. The van der Waals surface area contributed by atoms with Crippen LogP contribution < -0.4 is 10.6 Å². The van der Waals surface area contributed by atoms with E-state index in [1.54, 1.807) is 12.1 Å². The van der Waals surface area contributed by atoms with Crippen LogP contribution in [-0.2, 0) is 0 Å². The molecule has 0 saturated carbocycles. The van der Waals surface area contributed by atoms with Crippen LogP contribution in [0.5, 0.6) is 5.75 Å². The van der Waals surface area contributed by atoms with E-state index in [0.29, 0.717) is 5.56 Å². The first-order chi connectivity index (χ1) is 9.40. The number of urea groups is 1. The average molecular weight is 280 g/mol.